The van der Waals surface area contributed by atoms with Crippen LogP contribution in [0.4, 0.5) is 0 Å². The second kappa shape index (κ2) is 6.89. The number of nitrogens with zero attached hydrogens (tertiary/aromatic N) is 2. The largest absolute Gasteiger partial charge is 0.330 e. The van der Waals surface area contributed by atoms with E-state index in [0.29, 0.717) is 11.3 Å². The molecule has 0 saturated carbocycles. The molecule has 25 heavy (non-hydrogen) atoms. The molecule has 5 nitrogen and oxygen atoms in total. The van der Waals surface area contributed by atoms with Crippen LogP contribution in [0.25, 0.3) is 10.9 Å². The summed E-state index contributed by atoms with van der Waals surface area (Å²) < 4.78 is 0. The molecule has 0 unspecified atom stereocenters. The average molecular weight is 335 g/mol. The minimum Gasteiger partial charge on any atom is -0.330 e. The molecule has 0 bridgehead atoms. The van der Waals surface area contributed by atoms with E-state index >= 15 is 0 Å². The summed E-state index contributed by atoms with van der Waals surface area (Å²) in [6.45, 7) is 6.11. The number of fused-ring (bicyclic) bond motifs is 1. The molecule has 0 radical (unpaired) electrons. The zero-order valence-electron chi connectivity index (χ0n) is 14.6. The smallest absolute Gasteiger partial charge is 0.272 e. The number of rotatable bonds is 4. The van der Waals surface area contributed by atoms with Crippen molar-refractivity contribution in [3.63, 3.8) is 0 Å². The Bertz CT molecular complexity index is 962. The van der Waals surface area contributed by atoms with Gasteiger partial charge in [-0.1, -0.05) is 17.7 Å². The van der Waals surface area contributed by atoms with E-state index < -0.39 is 0 Å². The molecule has 1 aromatic carbocycles. The summed E-state index contributed by atoms with van der Waals surface area (Å²) in [6.07, 6.45) is 1.59. The fraction of sp³-hybridized carbons (Fsp3) is 0.250. The van der Waals surface area contributed by atoms with Crippen LogP contribution in [0.3, 0.4) is 0 Å². The van der Waals surface area contributed by atoms with E-state index in [4.69, 9.17) is 0 Å². The molecule has 2 aromatic heterocycles. The fourth-order valence-electron chi connectivity index (χ4n) is 2.80. The van der Waals surface area contributed by atoms with E-state index in [1.807, 2.05) is 45.0 Å². The Balaban J connectivity index is 1.97. The monoisotopic (exact) mass is 335 g/mol. The Morgan fingerprint density at radius 1 is 1.20 bits per heavy atom. The third-order valence-corrected chi connectivity index (χ3v) is 4.19. The van der Waals surface area contributed by atoms with Crippen molar-refractivity contribution in [1.82, 2.24) is 14.9 Å². The van der Waals surface area contributed by atoms with E-state index in [1.165, 1.54) is 0 Å². The van der Waals surface area contributed by atoms with Gasteiger partial charge >= 0.3 is 0 Å². The molecular formula is C20H21N3O2. The van der Waals surface area contributed by atoms with Gasteiger partial charge in [0.05, 0.1) is 6.54 Å². The Labute approximate surface area is 146 Å². The van der Waals surface area contributed by atoms with Crippen molar-refractivity contribution in [3.05, 3.63) is 75.8 Å². The van der Waals surface area contributed by atoms with Crippen molar-refractivity contribution in [1.29, 1.82) is 0 Å². The van der Waals surface area contributed by atoms with Crippen LogP contribution in [-0.4, -0.2) is 26.8 Å². The van der Waals surface area contributed by atoms with Gasteiger partial charge in [0.15, 0.2) is 0 Å². The maximum absolute atomic E-state index is 12.8. The van der Waals surface area contributed by atoms with Crippen molar-refractivity contribution < 1.29 is 4.79 Å². The standard InChI is InChI=1S/C20H21N3O2/c1-13(2)23(20(25)18-6-4-5-9-21-18)12-16-11-15-10-14(3)7-8-17(15)22-19(16)24/h4-11,13H,12H2,1-3H3,(H,22,24). The molecule has 0 fully saturated rings. The van der Waals surface area contributed by atoms with E-state index in [0.717, 1.165) is 16.5 Å². The van der Waals surface area contributed by atoms with E-state index in [9.17, 15) is 9.59 Å². The van der Waals surface area contributed by atoms with E-state index in [-0.39, 0.29) is 24.1 Å². The number of hydrogen-bond donors (Lipinski definition) is 1. The number of nitrogens with one attached hydrogen (secondary N) is 1. The zero-order valence-corrected chi connectivity index (χ0v) is 14.6. The number of aryl methyl sites for hydroxylation is 1. The second-order valence-electron chi connectivity index (χ2n) is 6.46. The number of amides is 1. The summed E-state index contributed by atoms with van der Waals surface area (Å²) in [5, 5.41) is 0.962. The molecule has 0 aliphatic rings. The molecule has 0 saturated heterocycles. The molecule has 3 aromatic rings. The van der Waals surface area contributed by atoms with Crippen LogP contribution in [0, 0.1) is 6.92 Å². The number of benzene rings is 1. The van der Waals surface area contributed by atoms with Crippen LogP contribution in [0.5, 0.6) is 0 Å². The third kappa shape index (κ3) is 3.60. The van der Waals surface area contributed by atoms with Gasteiger partial charge in [-0.25, -0.2) is 0 Å². The molecule has 0 aliphatic heterocycles. The summed E-state index contributed by atoms with van der Waals surface area (Å²) in [4.78, 5) is 33.9. The SMILES string of the molecule is Cc1ccc2[nH]c(=O)c(CN(C(=O)c3ccccn3)C(C)C)cc2c1. The van der Waals surface area contributed by atoms with Gasteiger partial charge in [-0.15, -0.1) is 0 Å². The highest BCUT2D eigenvalue weighted by Gasteiger charge is 2.21. The lowest BCUT2D eigenvalue weighted by Crippen LogP contribution is -2.38. The van der Waals surface area contributed by atoms with Crippen LogP contribution in [0.2, 0.25) is 0 Å². The summed E-state index contributed by atoms with van der Waals surface area (Å²) >= 11 is 0. The summed E-state index contributed by atoms with van der Waals surface area (Å²) in [5.74, 6) is -0.181. The Hall–Kier alpha value is -2.95. The molecule has 2 heterocycles. The minimum absolute atomic E-state index is 0.0536. The molecule has 0 aliphatic carbocycles. The lowest BCUT2D eigenvalue weighted by molar-refractivity contribution is 0.0683. The van der Waals surface area contributed by atoms with Gasteiger partial charge < -0.3 is 9.88 Å². The zero-order chi connectivity index (χ0) is 18.0. The van der Waals surface area contributed by atoms with Crippen molar-refractivity contribution in [3.8, 4) is 0 Å². The van der Waals surface area contributed by atoms with Gasteiger partial charge in [-0.2, -0.15) is 0 Å². The molecule has 3 rings (SSSR count). The number of aromatic nitrogens is 2. The Morgan fingerprint density at radius 2 is 2.00 bits per heavy atom. The fourth-order valence-corrected chi connectivity index (χ4v) is 2.80. The molecule has 1 amide bonds. The second-order valence-corrected chi connectivity index (χ2v) is 6.46. The predicted octanol–water partition coefficient (Wildman–Crippen LogP) is 3.28. The third-order valence-electron chi connectivity index (χ3n) is 4.19. The molecule has 5 heteroatoms. The normalized spacial score (nSPS) is 11.0. The van der Waals surface area contributed by atoms with Crippen LogP contribution in [0.1, 0.15) is 35.5 Å². The Morgan fingerprint density at radius 3 is 2.68 bits per heavy atom. The highest BCUT2D eigenvalue weighted by atomic mass is 16.2. The van der Waals surface area contributed by atoms with Gasteiger partial charge in [-0.3, -0.25) is 14.6 Å². The summed E-state index contributed by atoms with van der Waals surface area (Å²) in [5.41, 5.74) is 2.69. The van der Waals surface area contributed by atoms with Crippen LogP contribution >= 0.6 is 0 Å². The number of carbonyl (C=O) groups excluding carboxylic acids is 1. The summed E-state index contributed by atoms with van der Waals surface area (Å²) in [7, 11) is 0. The first-order chi connectivity index (χ1) is 12.0. The van der Waals surface area contributed by atoms with E-state index in [2.05, 4.69) is 9.97 Å². The van der Waals surface area contributed by atoms with Crippen LogP contribution in [0.15, 0.2) is 53.5 Å². The quantitative estimate of drug-likeness (QED) is 0.796. The lowest BCUT2D eigenvalue weighted by atomic mass is 10.1. The first-order valence-corrected chi connectivity index (χ1v) is 8.30. The maximum Gasteiger partial charge on any atom is 0.272 e. The number of pyridine rings is 2. The number of H-pyrrole nitrogens is 1. The van der Waals surface area contributed by atoms with Crippen molar-refractivity contribution in [2.24, 2.45) is 0 Å². The van der Waals surface area contributed by atoms with Gasteiger partial charge in [0, 0.05) is 23.3 Å². The number of carbonyl (C=O) groups is 1. The van der Waals surface area contributed by atoms with Crippen molar-refractivity contribution in [2.75, 3.05) is 0 Å². The van der Waals surface area contributed by atoms with Gasteiger partial charge in [0.1, 0.15) is 5.69 Å². The van der Waals surface area contributed by atoms with E-state index in [1.54, 1.807) is 29.3 Å². The topological polar surface area (TPSA) is 66.1 Å². The minimum atomic E-state index is -0.181. The molecule has 128 valence electrons. The van der Waals surface area contributed by atoms with Gasteiger partial charge in [-0.05, 0) is 56.5 Å². The molecule has 0 atom stereocenters. The molecular weight excluding hydrogens is 314 g/mol. The predicted molar refractivity (Wildman–Crippen MR) is 98.6 cm³/mol. The van der Waals surface area contributed by atoms with Crippen LogP contribution in [-0.2, 0) is 6.54 Å². The lowest BCUT2D eigenvalue weighted by Gasteiger charge is -2.26. The average Bonchev–Trinajstić information content (AvgIpc) is 2.60. The highest BCUT2D eigenvalue weighted by Crippen LogP contribution is 2.16. The first-order valence-electron chi connectivity index (χ1n) is 8.30. The molecule has 1 N–H and O–H groups in total. The van der Waals surface area contributed by atoms with Gasteiger partial charge in [0.25, 0.3) is 11.5 Å². The number of aromatic amines is 1. The van der Waals surface area contributed by atoms with Crippen molar-refractivity contribution >= 4 is 16.8 Å². The van der Waals surface area contributed by atoms with Gasteiger partial charge in [0.2, 0.25) is 0 Å². The van der Waals surface area contributed by atoms with Crippen LogP contribution < -0.4 is 5.56 Å². The summed E-state index contributed by atoms with van der Waals surface area (Å²) in [6, 6.07) is 12.9. The Kier molecular flexibility index (Phi) is 4.65. The number of hydrogen-bond acceptors (Lipinski definition) is 3. The molecule has 0 spiro atoms. The van der Waals surface area contributed by atoms with Crippen molar-refractivity contribution in [2.45, 2.75) is 33.4 Å². The maximum atomic E-state index is 12.8. The first kappa shape index (κ1) is 16.9. The highest BCUT2D eigenvalue weighted by molar-refractivity contribution is 5.92.